The molecule has 0 unspecified atom stereocenters. The zero-order chi connectivity index (χ0) is 26.6. The molecular weight excluding hydrogens is 464 g/mol. The first-order chi connectivity index (χ1) is 17.9. The number of nitrogens with one attached hydrogen (secondary N) is 1. The summed E-state index contributed by atoms with van der Waals surface area (Å²) in [6.45, 7) is 9.45. The van der Waals surface area contributed by atoms with Crippen LogP contribution in [0.2, 0.25) is 0 Å². The highest BCUT2D eigenvalue weighted by Gasteiger charge is 2.30. The predicted molar refractivity (Wildman–Crippen MR) is 148 cm³/mol. The van der Waals surface area contributed by atoms with Gasteiger partial charge in [-0.25, -0.2) is 0 Å². The Labute approximate surface area is 222 Å². The van der Waals surface area contributed by atoms with Crippen molar-refractivity contribution in [2.45, 2.75) is 97.7 Å². The first-order valence-corrected chi connectivity index (χ1v) is 14.0. The topological polar surface area (TPSA) is 67.9 Å². The van der Waals surface area contributed by atoms with Crippen molar-refractivity contribution in [2.75, 3.05) is 13.2 Å². The number of carbonyl (C=O) groups is 2. The van der Waals surface area contributed by atoms with E-state index in [2.05, 4.69) is 17.4 Å². The van der Waals surface area contributed by atoms with Crippen molar-refractivity contribution in [1.82, 2.24) is 10.2 Å². The minimum atomic E-state index is -0.491. The second-order valence-corrected chi connectivity index (χ2v) is 9.92. The van der Waals surface area contributed by atoms with E-state index in [0.717, 1.165) is 36.8 Å². The Morgan fingerprint density at radius 3 is 2.22 bits per heavy atom. The van der Waals surface area contributed by atoms with E-state index in [4.69, 9.17) is 9.47 Å². The minimum absolute atomic E-state index is 0.0157. The van der Waals surface area contributed by atoms with E-state index < -0.39 is 6.04 Å². The van der Waals surface area contributed by atoms with Crippen molar-refractivity contribution in [3.63, 3.8) is 0 Å². The number of aryl methyl sites for hydroxylation is 2. The van der Waals surface area contributed by atoms with Gasteiger partial charge in [0.25, 0.3) is 0 Å². The molecule has 0 radical (unpaired) electrons. The number of carbonyl (C=O) groups excluding carboxylic acids is 2. The van der Waals surface area contributed by atoms with Crippen molar-refractivity contribution in [3.8, 4) is 11.5 Å². The van der Waals surface area contributed by atoms with Gasteiger partial charge < -0.3 is 19.7 Å². The number of amides is 2. The average Bonchev–Trinajstić information content (AvgIpc) is 2.90. The molecule has 3 rings (SSSR count). The zero-order valence-electron chi connectivity index (χ0n) is 23.1. The summed E-state index contributed by atoms with van der Waals surface area (Å²) in [5.41, 5.74) is 3.21. The third-order valence-corrected chi connectivity index (χ3v) is 7.05. The summed E-state index contributed by atoms with van der Waals surface area (Å²) in [6, 6.07) is 13.8. The van der Waals surface area contributed by atoms with Gasteiger partial charge >= 0.3 is 0 Å². The fraction of sp³-hybridized carbons (Fsp3) is 0.548. The maximum absolute atomic E-state index is 13.7. The minimum Gasteiger partial charge on any atom is -0.490 e. The van der Waals surface area contributed by atoms with Crippen LogP contribution in [0, 0.1) is 6.92 Å². The molecule has 1 saturated carbocycles. The van der Waals surface area contributed by atoms with Crippen molar-refractivity contribution in [3.05, 3.63) is 59.2 Å². The highest BCUT2D eigenvalue weighted by atomic mass is 16.5. The molecule has 0 aliphatic heterocycles. The van der Waals surface area contributed by atoms with Gasteiger partial charge in [0, 0.05) is 19.0 Å². The first kappa shape index (κ1) is 28.5. The molecule has 2 aromatic carbocycles. The van der Waals surface area contributed by atoms with Crippen LogP contribution in [0.1, 0.15) is 82.4 Å². The molecule has 0 heterocycles. The molecule has 1 aliphatic carbocycles. The maximum atomic E-state index is 13.7. The monoisotopic (exact) mass is 508 g/mol. The summed E-state index contributed by atoms with van der Waals surface area (Å²) in [5, 5.41) is 3.25. The second-order valence-electron chi connectivity index (χ2n) is 9.92. The van der Waals surface area contributed by atoms with Gasteiger partial charge in [0.1, 0.15) is 6.04 Å². The Kier molecular flexibility index (Phi) is 11.3. The van der Waals surface area contributed by atoms with E-state index >= 15 is 0 Å². The smallest absolute Gasteiger partial charge is 0.243 e. The Morgan fingerprint density at radius 1 is 0.919 bits per heavy atom. The molecule has 6 heteroatoms. The van der Waals surface area contributed by atoms with Gasteiger partial charge in [-0.3, -0.25) is 9.59 Å². The van der Waals surface area contributed by atoms with Gasteiger partial charge in [0.2, 0.25) is 11.8 Å². The number of ether oxygens (including phenoxy) is 2. The van der Waals surface area contributed by atoms with Crippen LogP contribution < -0.4 is 14.8 Å². The van der Waals surface area contributed by atoms with Crippen LogP contribution in [-0.4, -0.2) is 42.0 Å². The van der Waals surface area contributed by atoms with E-state index in [-0.39, 0.29) is 17.9 Å². The highest BCUT2D eigenvalue weighted by molar-refractivity contribution is 5.88. The van der Waals surface area contributed by atoms with E-state index in [0.29, 0.717) is 50.5 Å². The van der Waals surface area contributed by atoms with Crippen molar-refractivity contribution in [1.29, 1.82) is 0 Å². The van der Waals surface area contributed by atoms with Crippen molar-refractivity contribution in [2.24, 2.45) is 0 Å². The molecule has 0 aromatic heterocycles. The Morgan fingerprint density at radius 2 is 1.57 bits per heavy atom. The molecule has 1 N–H and O–H groups in total. The van der Waals surface area contributed by atoms with Crippen LogP contribution >= 0.6 is 0 Å². The molecule has 1 atom stereocenters. The molecule has 0 spiro atoms. The molecule has 1 fully saturated rings. The molecule has 37 heavy (non-hydrogen) atoms. The van der Waals surface area contributed by atoms with Gasteiger partial charge in [-0.1, -0.05) is 62.1 Å². The predicted octanol–water partition coefficient (Wildman–Crippen LogP) is 5.98. The van der Waals surface area contributed by atoms with E-state index in [9.17, 15) is 9.59 Å². The lowest BCUT2D eigenvalue weighted by Crippen LogP contribution is -2.51. The summed E-state index contributed by atoms with van der Waals surface area (Å²) in [4.78, 5) is 28.8. The lowest BCUT2D eigenvalue weighted by molar-refractivity contribution is -0.141. The van der Waals surface area contributed by atoms with Crippen LogP contribution in [0.3, 0.4) is 0 Å². The quantitative estimate of drug-likeness (QED) is 0.361. The fourth-order valence-corrected chi connectivity index (χ4v) is 5.00. The molecule has 6 nitrogen and oxygen atoms in total. The summed E-state index contributed by atoms with van der Waals surface area (Å²) in [7, 11) is 0. The highest BCUT2D eigenvalue weighted by Crippen LogP contribution is 2.29. The lowest BCUT2D eigenvalue weighted by Gasteiger charge is -2.33. The normalized spacial score (nSPS) is 14.6. The summed E-state index contributed by atoms with van der Waals surface area (Å²) in [6.07, 6.45) is 7.04. The molecule has 0 saturated heterocycles. The summed E-state index contributed by atoms with van der Waals surface area (Å²) in [5.74, 6) is 1.36. The molecule has 0 bridgehead atoms. The SMILES string of the molecule is CCOc1ccc(CCC(=O)N(Cc2ccc(C)cc2)[C@@H](CC)C(=O)NC2CCCCC2)cc1OCC. The standard InChI is InChI=1S/C31H44N2O4/c1-5-27(31(35)32-26-11-9-8-10-12-26)33(22-25-15-13-23(4)14-16-25)30(34)20-18-24-17-19-28(36-6-2)29(21-24)37-7-3/h13-17,19,21,26-27H,5-12,18,20,22H2,1-4H3,(H,32,35)/t27-/m0/s1. The van der Waals surface area contributed by atoms with Crippen molar-refractivity contribution < 1.29 is 19.1 Å². The van der Waals surface area contributed by atoms with Gasteiger partial charge in [-0.15, -0.1) is 0 Å². The average molecular weight is 509 g/mol. The first-order valence-electron chi connectivity index (χ1n) is 14.0. The molecule has 1 aliphatic rings. The van der Waals surface area contributed by atoms with Crippen LogP contribution in [0.15, 0.2) is 42.5 Å². The van der Waals surface area contributed by atoms with Gasteiger partial charge in [0.05, 0.1) is 13.2 Å². The Balaban J connectivity index is 1.76. The van der Waals surface area contributed by atoms with Crippen molar-refractivity contribution >= 4 is 11.8 Å². The largest absolute Gasteiger partial charge is 0.490 e. The summed E-state index contributed by atoms with van der Waals surface area (Å²) < 4.78 is 11.4. The Bertz CT molecular complexity index is 999. The molecule has 2 aromatic rings. The van der Waals surface area contributed by atoms with Gasteiger partial charge in [-0.2, -0.15) is 0 Å². The zero-order valence-corrected chi connectivity index (χ0v) is 23.1. The van der Waals surface area contributed by atoms with E-state index in [1.807, 2.05) is 58.0 Å². The molecule has 2 amide bonds. The third-order valence-electron chi connectivity index (χ3n) is 7.05. The second kappa shape index (κ2) is 14.7. The maximum Gasteiger partial charge on any atom is 0.243 e. The molecule has 202 valence electrons. The van der Waals surface area contributed by atoms with Gasteiger partial charge in [0.15, 0.2) is 11.5 Å². The fourth-order valence-electron chi connectivity index (χ4n) is 5.00. The van der Waals surface area contributed by atoms with Crippen LogP contribution in [0.25, 0.3) is 0 Å². The number of rotatable bonds is 13. The number of hydrogen-bond donors (Lipinski definition) is 1. The van der Waals surface area contributed by atoms with Crippen LogP contribution in [0.4, 0.5) is 0 Å². The van der Waals surface area contributed by atoms with Crippen LogP contribution in [-0.2, 0) is 22.6 Å². The number of benzene rings is 2. The van der Waals surface area contributed by atoms with Gasteiger partial charge in [-0.05, 0) is 69.7 Å². The molecular formula is C31H44N2O4. The third kappa shape index (κ3) is 8.51. The van der Waals surface area contributed by atoms with E-state index in [1.165, 1.54) is 12.0 Å². The van der Waals surface area contributed by atoms with Crippen LogP contribution in [0.5, 0.6) is 11.5 Å². The number of hydrogen-bond acceptors (Lipinski definition) is 4. The van der Waals surface area contributed by atoms with E-state index in [1.54, 1.807) is 4.90 Å². The lowest BCUT2D eigenvalue weighted by atomic mass is 9.95. The summed E-state index contributed by atoms with van der Waals surface area (Å²) >= 11 is 0. The Hall–Kier alpha value is -3.02. The number of nitrogens with zero attached hydrogens (tertiary/aromatic N) is 1.